The summed E-state index contributed by atoms with van der Waals surface area (Å²) in [5.41, 5.74) is 10.4. The van der Waals surface area contributed by atoms with Crippen molar-refractivity contribution in [1.82, 2.24) is 19.5 Å². The summed E-state index contributed by atoms with van der Waals surface area (Å²) in [6.07, 6.45) is 13.2. The van der Waals surface area contributed by atoms with Gasteiger partial charge in [0.05, 0.1) is 12.4 Å². The lowest BCUT2D eigenvalue weighted by Crippen LogP contribution is -2.51. The average Bonchev–Trinajstić information content (AvgIpc) is 3.93. The average molecular weight is 918 g/mol. The van der Waals surface area contributed by atoms with Gasteiger partial charge in [-0.3, -0.25) is 9.36 Å². The SMILES string of the molecule is CC1(C)O[C@@H]2[C@H](O1)[C@@H](COC(=O)CCCCCC[C@H]1C[C@H]3[C@@H]4CCc5cc(O[Si](C)(C)C(C)(C)C)ccc5[C@H]4CC[C@]3(C)[C@H]1O[Si](C)(C)C(C)(C)C)O[C@H]2n1cnc2c(N)ncnc21. The van der Waals surface area contributed by atoms with Crippen molar-refractivity contribution >= 4 is 39.6 Å². The van der Waals surface area contributed by atoms with Crippen molar-refractivity contribution in [1.29, 1.82) is 0 Å². The molecule has 0 spiro atoms. The lowest BCUT2D eigenvalue weighted by molar-refractivity contribution is -0.202. The number of nitrogens with zero attached hydrogens (tertiary/aromatic N) is 4. The largest absolute Gasteiger partial charge is 0.543 e. The maximum Gasteiger partial charge on any atom is 0.305 e. The molecular weight excluding hydrogens is 839 g/mol. The molecule has 354 valence electrons. The number of anilines is 1. The van der Waals surface area contributed by atoms with E-state index in [1.165, 1.54) is 44.0 Å². The summed E-state index contributed by atoms with van der Waals surface area (Å²) in [6, 6.07) is 7.12. The first-order valence-corrected chi connectivity index (χ1v) is 30.3. The number of esters is 1. The second kappa shape index (κ2) is 17.3. The van der Waals surface area contributed by atoms with Crippen LogP contribution in [0.4, 0.5) is 5.82 Å². The number of rotatable bonds is 14. The monoisotopic (exact) mass is 918 g/mol. The summed E-state index contributed by atoms with van der Waals surface area (Å²) >= 11 is 0. The van der Waals surface area contributed by atoms with Crippen molar-refractivity contribution < 1.29 is 32.6 Å². The lowest BCUT2D eigenvalue weighted by Gasteiger charge is -2.52. The van der Waals surface area contributed by atoms with E-state index in [0.717, 1.165) is 37.9 Å². The number of fused-ring (bicyclic) bond motifs is 7. The quantitative estimate of drug-likeness (QED) is 0.0938. The fraction of sp³-hybridized carbons (Fsp3) is 0.760. The van der Waals surface area contributed by atoms with Crippen LogP contribution < -0.4 is 10.2 Å². The van der Waals surface area contributed by atoms with Gasteiger partial charge >= 0.3 is 5.97 Å². The van der Waals surface area contributed by atoms with E-state index in [9.17, 15) is 4.79 Å². The van der Waals surface area contributed by atoms with Gasteiger partial charge in [-0.15, -0.1) is 0 Å². The molecule has 2 saturated carbocycles. The minimum Gasteiger partial charge on any atom is -0.543 e. The Balaban J connectivity index is 0.854. The number of carbonyl (C=O) groups is 1. The highest BCUT2D eigenvalue weighted by Crippen LogP contribution is 2.64. The van der Waals surface area contributed by atoms with E-state index in [1.54, 1.807) is 16.5 Å². The predicted molar refractivity (Wildman–Crippen MR) is 256 cm³/mol. The Kier molecular flexibility index (Phi) is 12.9. The number of ether oxygens (including phenoxy) is 4. The fourth-order valence-electron chi connectivity index (χ4n) is 11.5. The lowest BCUT2D eigenvalue weighted by atomic mass is 9.55. The zero-order valence-electron chi connectivity index (χ0n) is 41.3. The minimum atomic E-state index is -2.01. The number of aromatic nitrogens is 4. The molecule has 3 aromatic rings. The molecule has 12 nitrogen and oxygen atoms in total. The number of hydrogen-bond donors (Lipinski definition) is 1. The molecule has 5 aliphatic rings. The van der Waals surface area contributed by atoms with Crippen LogP contribution in [0.15, 0.2) is 30.9 Å². The Morgan fingerprint density at radius 3 is 2.38 bits per heavy atom. The van der Waals surface area contributed by atoms with E-state index in [0.29, 0.717) is 53.2 Å². The molecule has 0 bridgehead atoms. The summed E-state index contributed by atoms with van der Waals surface area (Å²) in [5, 5.41) is 0.332. The maximum atomic E-state index is 13.1. The van der Waals surface area contributed by atoms with E-state index in [2.05, 4.69) is 108 Å². The number of benzene rings is 1. The molecule has 4 heterocycles. The van der Waals surface area contributed by atoms with Crippen LogP contribution in [0.5, 0.6) is 5.75 Å². The summed E-state index contributed by atoms with van der Waals surface area (Å²) in [7, 11) is -3.92. The topological polar surface area (TPSA) is 142 Å². The van der Waals surface area contributed by atoms with Gasteiger partial charge in [0, 0.05) is 6.42 Å². The molecule has 64 heavy (non-hydrogen) atoms. The minimum absolute atomic E-state index is 0.0804. The van der Waals surface area contributed by atoms with Gasteiger partial charge in [0.1, 0.15) is 42.5 Å². The fourth-order valence-corrected chi connectivity index (χ4v) is 14.0. The molecule has 1 aromatic carbocycles. The van der Waals surface area contributed by atoms with Crippen LogP contribution in [0.2, 0.25) is 36.3 Å². The summed E-state index contributed by atoms with van der Waals surface area (Å²) in [4.78, 5) is 26.0. The first-order chi connectivity index (χ1) is 29.9. The molecule has 2 aliphatic heterocycles. The molecule has 0 amide bonds. The number of nitrogen functional groups attached to an aromatic ring is 1. The number of unbranched alkanes of at least 4 members (excludes halogenated alkanes) is 3. The second-order valence-corrected chi connectivity index (χ2v) is 33.3. The Hall–Kier alpha value is -2.89. The third kappa shape index (κ3) is 9.10. The summed E-state index contributed by atoms with van der Waals surface area (Å²) in [5.74, 6) is 2.89. The van der Waals surface area contributed by atoms with Crippen molar-refractivity contribution in [2.75, 3.05) is 12.3 Å². The number of imidazole rings is 1. The highest BCUT2D eigenvalue weighted by molar-refractivity contribution is 6.75. The van der Waals surface area contributed by atoms with E-state index in [-0.39, 0.29) is 28.1 Å². The maximum absolute atomic E-state index is 13.1. The Labute approximate surface area is 385 Å². The van der Waals surface area contributed by atoms with Gasteiger partial charge in [-0.2, -0.15) is 0 Å². The normalized spacial score (nSPS) is 31.4. The first-order valence-electron chi connectivity index (χ1n) is 24.5. The zero-order chi connectivity index (χ0) is 46.2. The van der Waals surface area contributed by atoms with Crippen molar-refractivity contribution in [3.8, 4) is 5.75 Å². The van der Waals surface area contributed by atoms with Gasteiger partial charge in [0.15, 0.2) is 31.8 Å². The molecule has 2 aromatic heterocycles. The predicted octanol–water partition coefficient (Wildman–Crippen LogP) is 11.3. The highest BCUT2D eigenvalue weighted by atomic mass is 28.4. The van der Waals surface area contributed by atoms with Crippen LogP contribution in [0.1, 0.15) is 150 Å². The van der Waals surface area contributed by atoms with Crippen LogP contribution in [0.25, 0.3) is 11.2 Å². The molecule has 2 N–H and O–H groups in total. The van der Waals surface area contributed by atoms with Gasteiger partial charge in [0.25, 0.3) is 0 Å². The van der Waals surface area contributed by atoms with E-state index >= 15 is 0 Å². The van der Waals surface area contributed by atoms with Crippen molar-refractivity contribution in [3.63, 3.8) is 0 Å². The number of aryl methyl sites for hydroxylation is 1. The highest BCUT2D eigenvalue weighted by Gasteiger charge is 2.60. The van der Waals surface area contributed by atoms with Gasteiger partial charge < -0.3 is 33.5 Å². The van der Waals surface area contributed by atoms with Gasteiger partial charge in [-0.1, -0.05) is 73.8 Å². The zero-order valence-corrected chi connectivity index (χ0v) is 43.3. The van der Waals surface area contributed by atoms with E-state index in [4.69, 9.17) is 33.5 Å². The number of carbonyl (C=O) groups excluding carboxylic acids is 1. The third-order valence-electron chi connectivity index (χ3n) is 17.1. The molecule has 4 fully saturated rings. The van der Waals surface area contributed by atoms with Crippen LogP contribution >= 0.6 is 0 Å². The van der Waals surface area contributed by atoms with Crippen LogP contribution in [0, 0.1) is 23.2 Å². The molecule has 3 aliphatic carbocycles. The van der Waals surface area contributed by atoms with Crippen molar-refractivity contribution in [2.24, 2.45) is 23.2 Å². The standard InChI is InChI=1S/C50H79N5O7Si2/c1-47(2,3)63(10,11)61-33-21-23-34-31(26-33)20-22-36-35(34)24-25-50(9)37(36)27-32(43(50)62-64(12,13)48(4,5)6)18-16-14-15-17-19-39(56)57-28-38-41-42(60-49(7,8)59-41)46(58-38)55-30-54-40-44(51)52-29-53-45(40)55/h21,23,26,29-30,32,35-38,41-43,46H,14-20,22,24-25,27-28H2,1-13H3,(H2,51,52,53)/t32-,35+,36+,37-,38+,41+,42+,43-,46+,50-/m0/s1. The van der Waals surface area contributed by atoms with Crippen LogP contribution in [-0.4, -0.2) is 78.9 Å². The smallest absolute Gasteiger partial charge is 0.305 e. The number of nitrogens with two attached hydrogens (primary N) is 1. The molecule has 10 atom stereocenters. The molecule has 8 rings (SSSR count). The van der Waals surface area contributed by atoms with E-state index in [1.807, 2.05) is 13.8 Å². The van der Waals surface area contributed by atoms with Crippen molar-refractivity contribution in [2.45, 2.75) is 212 Å². The van der Waals surface area contributed by atoms with E-state index < -0.39 is 47.0 Å². The Morgan fingerprint density at radius 1 is 0.922 bits per heavy atom. The summed E-state index contributed by atoms with van der Waals surface area (Å²) in [6.45, 7) is 30.1. The van der Waals surface area contributed by atoms with Gasteiger partial charge in [0.2, 0.25) is 8.32 Å². The second-order valence-electron chi connectivity index (χ2n) is 23.8. The molecule has 0 unspecified atom stereocenters. The molecule has 2 saturated heterocycles. The van der Waals surface area contributed by atoms with Gasteiger partial charge in [-0.25, -0.2) is 15.0 Å². The first kappa shape index (κ1) is 47.6. The van der Waals surface area contributed by atoms with Crippen molar-refractivity contribution in [3.05, 3.63) is 42.0 Å². The third-order valence-corrected chi connectivity index (χ3v) is 25.9. The Bertz CT molecular complexity index is 2160. The molecular formula is C50H79N5O7Si2. The number of hydrogen-bond acceptors (Lipinski definition) is 11. The molecule has 0 radical (unpaired) electrons. The molecule has 14 heteroatoms. The van der Waals surface area contributed by atoms with Gasteiger partial charge in [-0.05, 0) is 147 Å². The summed E-state index contributed by atoms with van der Waals surface area (Å²) < 4.78 is 41.0. The Morgan fingerprint density at radius 2 is 1.64 bits per heavy atom. The van der Waals surface area contributed by atoms with Crippen LogP contribution in [-0.2, 0) is 34.6 Å². The van der Waals surface area contributed by atoms with Crippen LogP contribution in [0.3, 0.4) is 0 Å².